The van der Waals surface area contributed by atoms with Crippen molar-refractivity contribution in [2.75, 3.05) is 6.61 Å². The quantitative estimate of drug-likeness (QED) is 0.660. The van der Waals surface area contributed by atoms with Gasteiger partial charge >= 0.3 is 0 Å². The molecule has 0 saturated carbocycles. The zero-order valence-electron chi connectivity index (χ0n) is 9.62. The largest absolute Gasteiger partial charge is 0.493 e. The predicted molar refractivity (Wildman–Crippen MR) is 65.3 cm³/mol. The Hall–Kier alpha value is -1.24. The minimum atomic E-state index is 0.134. The van der Waals surface area contributed by atoms with Crippen molar-refractivity contribution < 1.29 is 4.74 Å². The molecule has 1 atom stereocenters. The van der Waals surface area contributed by atoms with Crippen molar-refractivity contribution in [3.05, 3.63) is 48.9 Å². The van der Waals surface area contributed by atoms with Crippen LogP contribution in [0.15, 0.2) is 30.9 Å². The Morgan fingerprint density at radius 1 is 1.47 bits per heavy atom. The Balaban J connectivity index is 2.94. The van der Waals surface area contributed by atoms with Gasteiger partial charge in [0.05, 0.1) is 6.61 Å². The molecule has 0 aliphatic rings. The molecule has 81 valence electrons. The highest BCUT2D eigenvalue weighted by Gasteiger charge is 2.08. The maximum Gasteiger partial charge on any atom is 0.122 e. The molecule has 0 spiro atoms. The molecule has 0 aromatic heterocycles. The molecule has 0 saturated heterocycles. The molecule has 1 aromatic rings. The van der Waals surface area contributed by atoms with E-state index in [0.717, 1.165) is 18.8 Å². The van der Waals surface area contributed by atoms with E-state index in [4.69, 9.17) is 4.74 Å². The number of rotatable bonds is 5. The van der Waals surface area contributed by atoms with Crippen LogP contribution < -0.4 is 4.74 Å². The van der Waals surface area contributed by atoms with Crippen molar-refractivity contribution in [3.8, 4) is 5.75 Å². The topological polar surface area (TPSA) is 9.23 Å². The highest BCUT2D eigenvalue weighted by Crippen LogP contribution is 2.27. The Kier molecular flexibility index (Phi) is 4.41. The molecule has 0 aliphatic heterocycles. The van der Waals surface area contributed by atoms with Crippen LogP contribution in [0.4, 0.5) is 0 Å². The lowest BCUT2D eigenvalue weighted by atomic mass is 9.96. The van der Waals surface area contributed by atoms with Gasteiger partial charge in [-0.1, -0.05) is 25.1 Å². The Bertz CT molecular complexity index is 328. The van der Waals surface area contributed by atoms with Crippen molar-refractivity contribution >= 4 is 0 Å². The maximum absolute atomic E-state index is 5.66. The van der Waals surface area contributed by atoms with Crippen molar-refractivity contribution in [2.24, 2.45) is 0 Å². The lowest BCUT2D eigenvalue weighted by Crippen LogP contribution is -2.00. The fourth-order valence-corrected chi connectivity index (χ4v) is 1.53. The maximum atomic E-state index is 5.66. The van der Waals surface area contributed by atoms with Gasteiger partial charge in [-0.3, -0.25) is 0 Å². The van der Waals surface area contributed by atoms with Gasteiger partial charge in [0, 0.05) is 5.92 Å². The summed E-state index contributed by atoms with van der Waals surface area (Å²) in [5, 5.41) is 0. The Morgan fingerprint density at radius 3 is 2.80 bits per heavy atom. The van der Waals surface area contributed by atoms with Crippen LogP contribution in [0.3, 0.4) is 0 Å². The van der Waals surface area contributed by atoms with Crippen molar-refractivity contribution in [1.29, 1.82) is 0 Å². The summed E-state index contributed by atoms with van der Waals surface area (Å²) < 4.78 is 5.66. The molecule has 1 aromatic carbocycles. The molecule has 0 bridgehead atoms. The summed E-state index contributed by atoms with van der Waals surface area (Å²) in [7, 11) is 0. The molecular weight excluding hydrogens is 184 g/mol. The van der Waals surface area contributed by atoms with E-state index in [2.05, 4.69) is 33.4 Å². The van der Waals surface area contributed by atoms with Crippen LogP contribution in [-0.4, -0.2) is 6.61 Å². The summed E-state index contributed by atoms with van der Waals surface area (Å²) in [6, 6.07) is 6.09. The minimum Gasteiger partial charge on any atom is -0.493 e. The van der Waals surface area contributed by atoms with Gasteiger partial charge < -0.3 is 4.74 Å². The van der Waals surface area contributed by atoms with Gasteiger partial charge in [-0.2, -0.15) is 0 Å². The fraction of sp³-hybridized carbons (Fsp3) is 0.357. The highest BCUT2D eigenvalue weighted by atomic mass is 16.5. The smallest absolute Gasteiger partial charge is 0.122 e. The lowest BCUT2D eigenvalue weighted by Gasteiger charge is -2.14. The van der Waals surface area contributed by atoms with Gasteiger partial charge in [-0.05, 0) is 37.5 Å². The summed E-state index contributed by atoms with van der Waals surface area (Å²) in [4.78, 5) is 0. The monoisotopic (exact) mass is 203 g/mol. The molecule has 1 radical (unpaired) electrons. The molecule has 1 nitrogen and oxygen atoms in total. The van der Waals surface area contributed by atoms with Gasteiger partial charge in [0.25, 0.3) is 0 Å². The third-order valence-electron chi connectivity index (χ3n) is 2.47. The van der Waals surface area contributed by atoms with Crippen LogP contribution in [0.1, 0.15) is 30.4 Å². The van der Waals surface area contributed by atoms with Crippen LogP contribution in [0, 0.1) is 13.8 Å². The molecule has 1 heteroatoms. The van der Waals surface area contributed by atoms with Gasteiger partial charge in [0.15, 0.2) is 0 Å². The van der Waals surface area contributed by atoms with Gasteiger partial charge in [-0.25, -0.2) is 0 Å². The second kappa shape index (κ2) is 5.59. The number of hydrogen-bond donors (Lipinski definition) is 0. The Labute approximate surface area is 92.8 Å². The molecule has 1 rings (SSSR count). The molecule has 0 aliphatic carbocycles. The van der Waals surface area contributed by atoms with E-state index in [1.807, 2.05) is 18.2 Å². The third kappa shape index (κ3) is 2.85. The van der Waals surface area contributed by atoms with E-state index in [1.165, 1.54) is 11.1 Å². The second-order valence-electron chi connectivity index (χ2n) is 3.66. The van der Waals surface area contributed by atoms with Crippen molar-refractivity contribution in [1.82, 2.24) is 0 Å². The molecule has 15 heavy (non-hydrogen) atoms. The average molecular weight is 203 g/mol. The zero-order valence-corrected chi connectivity index (χ0v) is 9.62. The summed E-state index contributed by atoms with van der Waals surface area (Å²) in [6.45, 7) is 12.7. The second-order valence-corrected chi connectivity index (χ2v) is 3.66. The molecule has 0 amide bonds. The van der Waals surface area contributed by atoms with Gasteiger partial charge in [0.1, 0.15) is 5.75 Å². The first-order chi connectivity index (χ1) is 7.20. The number of ether oxygens (including phenoxy) is 1. The van der Waals surface area contributed by atoms with E-state index in [9.17, 15) is 0 Å². The summed E-state index contributed by atoms with van der Waals surface area (Å²) >= 11 is 0. The van der Waals surface area contributed by atoms with E-state index < -0.39 is 0 Å². The summed E-state index contributed by atoms with van der Waals surface area (Å²) in [5.41, 5.74) is 2.37. The van der Waals surface area contributed by atoms with Crippen LogP contribution >= 0.6 is 0 Å². The summed E-state index contributed by atoms with van der Waals surface area (Å²) in [6.07, 6.45) is 2.88. The average Bonchev–Trinajstić information content (AvgIpc) is 2.27. The summed E-state index contributed by atoms with van der Waals surface area (Å²) in [5.74, 6) is 1.10. The first kappa shape index (κ1) is 11.8. The molecular formula is C14H19O. The van der Waals surface area contributed by atoms with E-state index >= 15 is 0 Å². The fourth-order valence-electron chi connectivity index (χ4n) is 1.53. The predicted octanol–water partition coefficient (Wildman–Crippen LogP) is 3.89. The van der Waals surface area contributed by atoms with Gasteiger partial charge in [0.2, 0.25) is 0 Å². The normalized spacial score (nSPS) is 12.2. The highest BCUT2D eigenvalue weighted by molar-refractivity contribution is 5.42. The van der Waals surface area contributed by atoms with Crippen LogP contribution in [0.5, 0.6) is 5.75 Å². The number of benzene rings is 1. The SMILES string of the molecule is [CH2]C(C=C)c1cccc(OCCC)c1C. The third-order valence-corrected chi connectivity index (χ3v) is 2.47. The standard InChI is InChI=1S/C14H19O/c1-5-10-15-14-9-7-8-13(12(14)4)11(3)6-2/h6-9,11H,2-3,5,10H2,1,4H3. The van der Waals surface area contributed by atoms with E-state index in [-0.39, 0.29) is 5.92 Å². The molecule has 0 heterocycles. The molecule has 0 N–H and O–H groups in total. The van der Waals surface area contributed by atoms with Crippen LogP contribution in [0.25, 0.3) is 0 Å². The van der Waals surface area contributed by atoms with Crippen LogP contribution in [-0.2, 0) is 0 Å². The lowest BCUT2D eigenvalue weighted by molar-refractivity contribution is 0.315. The molecule has 0 fully saturated rings. The van der Waals surface area contributed by atoms with Crippen molar-refractivity contribution in [2.45, 2.75) is 26.2 Å². The van der Waals surface area contributed by atoms with E-state index in [1.54, 1.807) is 0 Å². The molecule has 1 unspecified atom stereocenters. The van der Waals surface area contributed by atoms with Gasteiger partial charge in [-0.15, -0.1) is 6.58 Å². The minimum absolute atomic E-state index is 0.134. The number of hydrogen-bond acceptors (Lipinski definition) is 1. The zero-order chi connectivity index (χ0) is 11.3. The van der Waals surface area contributed by atoms with E-state index in [0.29, 0.717) is 0 Å². The Morgan fingerprint density at radius 2 is 2.20 bits per heavy atom. The first-order valence-corrected chi connectivity index (χ1v) is 5.38. The first-order valence-electron chi connectivity index (χ1n) is 5.38. The van der Waals surface area contributed by atoms with Crippen molar-refractivity contribution in [3.63, 3.8) is 0 Å². The van der Waals surface area contributed by atoms with Crippen LogP contribution in [0.2, 0.25) is 0 Å². The number of allylic oxidation sites excluding steroid dienone is 1.